The molecule has 112 valence electrons. The van der Waals surface area contributed by atoms with E-state index in [2.05, 4.69) is 9.55 Å². The minimum Gasteiger partial charge on any atom is -0.496 e. The monoisotopic (exact) mass is 308 g/mol. The normalized spacial score (nSPS) is 16.7. The molecule has 0 saturated heterocycles. The molecule has 5 nitrogen and oxygen atoms in total. The van der Waals surface area contributed by atoms with E-state index in [0.29, 0.717) is 19.4 Å². The van der Waals surface area contributed by atoms with E-state index in [1.807, 2.05) is 24.3 Å². The first kappa shape index (κ1) is 15.4. The van der Waals surface area contributed by atoms with E-state index in [-0.39, 0.29) is 18.3 Å². The molecule has 0 fully saturated rings. The molecule has 0 aliphatic carbocycles. The molecule has 1 unspecified atom stereocenters. The molecule has 1 atom stereocenters. The van der Waals surface area contributed by atoms with Crippen molar-refractivity contribution in [3.8, 4) is 17.1 Å². The van der Waals surface area contributed by atoms with Crippen LogP contribution in [-0.2, 0) is 17.8 Å². The predicted octanol–water partition coefficient (Wildman–Crippen LogP) is 2.63. The van der Waals surface area contributed by atoms with E-state index in [1.54, 1.807) is 13.3 Å². The second-order valence-corrected chi connectivity index (χ2v) is 4.95. The molecule has 3 rings (SSSR count). The standard InChI is InChI=1S/C15H16N2O3.ClH/c1-20-13-5-3-2-4-12(13)14-16-9-11-8-10(15(18)19)6-7-17(11)14;/h2-5,9-10H,6-8H2,1H3,(H,18,19);1H. The van der Waals surface area contributed by atoms with Gasteiger partial charge in [-0.25, -0.2) is 4.98 Å². The van der Waals surface area contributed by atoms with Crippen LogP contribution < -0.4 is 4.74 Å². The van der Waals surface area contributed by atoms with Crippen molar-refractivity contribution >= 4 is 18.4 Å². The van der Waals surface area contributed by atoms with Gasteiger partial charge in [0.2, 0.25) is 0 Å². The van der Waals surface area contributed by atoms with Gasteiger partial charge in [0.15, 0.2) is 0 Å². The lowest BCUT2D eigenvalue weighted by atomic mass is 9.96. The van der Waals surface area contributed by atoms with Crippen LogP contribution in [0.3, 0.4) is 0 Å². The minimum absolute atomic E-state index is 0. The highest BCUT2D eigenvalue weighted by Crippen LogP contribution is 2.32. The third-order valence-corrected chi connectivity index (χ3v) is 3.79. The van der Waals surface area contributed by atoms with Gasteiger partial charge in [0.05, 0.1) is 18.6 Å². The summed E-state index contributed by atoms with van der Waals surface area (Å²) in [6.45, 7) is 0.680. The van der Waals surface area contributed by atoms with Gasteiger partial charge in [-0.3, -0.25) is 4.79 Å². The number of nitrogens with zero attached hydrogens (tertiary/aromatic N) is 2. The van der Waals surface area contributed by atoms with Crippen LogP contribution in [-0.4, -0.2) is 27.7 Å². The average Bonchev–Trinajstić information content (AvgIpc) is 2.89. The van der Waals surface area contributed by atoms with Crippen LogP contribution in [0.15, 0.2) is 30.5 Å². The Labute approximate surface area is 129 Å². The number of ether oxygens (including phenoxy) is 1. The summed E-state index contributed by atoms with van der Waals surface area (Å²) in [6.07, 6.45) is 2.95. The summed E-state index contributed by atoms with van der Waals surface area (Å²) >= 11 is 0. The summed E-state index contributed by atoms with van der Waals surface area (Å²) in [7, 11) is 1.64. The first-order valence-electron chi connectivity index (χ1n) is 6.61. The zero-order valence-corrected chi connectivity index (χ0v) is 12.5. The third kappa shape index (κ3) is 2.74. The van der Waals surface area contributed by atoms with Gasteiger partial charge in [-0.1, -0.05) is 12.1 Å². The molecular formula is C15H17ClN2O3. The summed E-state index contributed by atoms with van der Waals surface area (Å²) in [5, 5.41) is 9.12. The molecule has 2 heterocycles. The number of methoxy groups -OCH3 is 1. The molecule has 6 heteroatoms. The van der Waals surface area contributed by atoms with Crippen molar-refractivity contribution in [3.05, 3.63) is 36.2 Å². The number of rotatable bonds is 3. The van der Waals surface area contributed by atoms with Crippen LogP contribution in [0.1, 0.15) is 12.1 Å². The number of aromatic nitrogens is 2. The highest BCUT2D eigenvalue weighted by atomic mass is 35.5. The van der Waals surface area contributed by atoms with Gasteiger partial charge in [0, 0.05) is 24.9 Å². The van der Waals surface area contributed by atoms with Crippen LogP contribution in [0.5, 0.6) is 5.75 Å². The molecule has 1 aliphatic rings. The zero-order chi connectivity index (χ0) is 14.1. The predicted molar refractivity (Wildman–Crippen MR) is 80.9 cm³/mol. The molecule has 0 bridgehead atoms. The first-order chi connectivity index (χ1) is 9.70. The van der Waals surface area contributed by atoms with E-state index in [1.165, 1.54) is 0 Å². The number of aliphatic carboxylic acids is 1. The van der Waals surface area contributed by atoms with Gasteiger partial charge in [-0.2, -0.15) is 0 Å². The Bertz CT molecular complexity index is 654. The van der Waals surface area contributed by atoms with Crippen molar-refractivity contribution in [2.24, 2.45) is 5.92 Å². The van der Waals surface area contributed by atoms with Crippen molar-refractivity contribution in [2.45, 2.75) is 19.4 Å². The number of hydrogen-bond acceptors (Lipinski definition) is 3. The van der Waals surface area contributed by atoms with E-state index in [0.717, 1.165) is 22.8 Å². The molecule has 1 aromatic carbocycles. The average molecular weight is 309 g/mol. The minimum atomic E-state index is -0.726. The summed E-state index contributed by atoms with van der Waals surface area (Å²) in [5.74, 6) is 0.601. The van der Waals surface area contributed by atoms with Gasteiger partial charge in [0.1, 0.15) is 11.6 Å². The van der Waals surface area contributed by atoms with Crippen LogP contribution in [0.4, 0.5) is 0 Å². The number of carboxylic acid groups (broad SMARTS) is 1. The fourth-order valence-corrected chi connectivity index (χ4v) is 2.72. The maximum Gasteiger partial charge on any atom is 0.306 e. The Morgan fingerprint density at radius 3 is 2.90 bits per heavy atom. The van der Waals surface area contributed by atoms with Crippen LogP contribution in [0.25, 0.3) is 11.4 Å². The topological polar surface area (TPSA) is 64.4 Å². The molecule has 0 radical (unpaired) electrons. The Hall–Kier alpha value is -2.01. The van der Waals surface area contributed by atoms with Crippen molar-refractivity contribution in [3.63, 3.8) is 0 Å². The largest absolute Gasteiger partial charge is 0.496 e. The second-order valence-electron chi connectivity index (χ2n) is 4.95. The summed E-state index contributed by atoms with van der Waals surface area (Å²) < 4.78 is 7.47. The Morgan fingerprint density at radius 2 is 2.19 bits per heavy atom. The summed E-state index contributed by atoms with van der Waals surface area (Å²) in [5.41, 5.74) is 1.92. The maximum atomic E-state index is 11.1. The molecule has 1 aliphatic heterocycles. The number of carboxylic acids is 1. The molecule has 21 heavy (non-hydrogen) atoms. The fourth-order valence-electron chi connectivity index (χ4n) is 2.72. The van der Waals surface area contributed by atoms with Crippen LogP contribution >= 0.6 is 12.4 Å². The third-order valence-electron chi connectivity index (χ3n) is 3.79. The van der Waals surface area contributed by atoms with Gasteiger partial charge in [0.25, 0.3) is 0 Å². The van der Waals surface area contributed by atoms with E-state index in [4.69, 9.17) is 9.84 Å². The van der Waals surface area contributed by atoms with Crippen LogP contribution in [0.2, 0.25) is 0 Å². The van der Waals surface area contributed by atoms with E-state index >= 15 is 0 Å². The number of carbonyl (C=O) groups is 1. The van der Waals surface area contributed by atoms with Crippen LogP contribution in [0, 0.1) is 5.92 Å². The molecule has 1 aromatic heterocycles. The van der Waals surface area contributed by atoms with Gasteiger partial charge in [-0.15, -0.1) is 12.4 Å². The SMILES string of the molecule is COc1ccccc1-c1ncc2n1CCC(C(=O)O)C2.Cl. The van der Waals surface area contributed by atoms with Gasteiger partial charge in [-0.05, 0) is 18.6 Å². The van der Waals surface area contributed by atoms with Crippen molar-refractivity contribution in [1.29, 1.82) is 0 Å². The smallest absolute Gasteiger partial charge is 0.306 e. The lowest BCUT2D eigenvalue weighted by molar-refractivity contribution is -0.142. The molecule has 0 spiro atoms. The Balaban J connectivity index is 0.00000161. The number of benzene rings is 1. The zero-order valence-electron chi connectivity index (χ0n) is 11.7. The fraction of sp³-hybridized carbons (Fsp3) is 0.333. The van der Waals surface area contributed by atoms with Crippen molar-refractivity contribution in [2.75, 3.05) is 7.11 Å². The highest BCUT2D eigenvalue weighted by Gasteiger charge is 2.27. The lowest BCUT2D eigenvalue weighted by Gasteiger charge is -2.22. The van der Waals surface area contributed by atoms with Gasteiger partial charge < -0.3 is 14.4 Å². The number of halogens is 1. The number of fused-ring (bicyclic) bond motifs is 1. The molecule has 0 amide bonds. The molecule has 1 N–H and O–H groups in total. The summed E-state index contributed by atoms with van der Waals surface area (Å²) in [4.78, 5) is 15.6. The highest BCUT2D eigenvalue weighted by molar-refractivity contribution is 5.85. The number of imidazole rings is 1. The van der Waals surface area contributed by atoms with Gasteiger partial charge >= 0.3 is 5.97 Å². The second kappa shape index (κ2) is 6.18. The van der Waals surface area contributed by atoms with Crippen molar-refractivity contribution in [1.82, 2.24) is 9.55 Å². The molecule has 2 aromatic rings. The molecule has 0 saturated carbocycles. The Morgan fingerprint density at radius 1 is 1.43 bits per heavy atom. The summed E-state index contributed by atoms with van der Waals surface area (Å²) in [6, 6.07) is 7.74. The maximum absolute atomic E-state index is 11.1. The molecular weight excluding hydrogens is 292 g/mol. The Kier molecular flexibility index (Phi) is 4.53. The quantitative estimate of drug-likeness (QED) is 0.946. The van der Waals surface area contributed by atoms with E-state index < -0.39 is 5.97 Å². The lowest BCUT2D eigenvalue weighted by Crippen LogP contribution is -2.25. The first-order valence-corrected chi connectivity index (χ1v) is 6.61. The van der Waals surface area contributed by atoms with E-state index in [9.17, 15) is 4.79 Å². The number of hydrogen-bond donors (Lipinski definition) is 1. The number of para-hydroxylation sites is 1. The van der Waals surface area contributed by atoms with Crippen molar-refractivity contribution < 1.29 is 14.6 Å².